The van der Waals surface area contributed by atoms with Crippen LogP contribution in [0.15, 0.2) is 0 Å². The first-order valence-electron chi connectivity index (χ1n) is 4.66. The topological polar surface area (TPSA) is 64.3 Å². The molecule has 0 saturated carbocycles. The first-order chi connectivity index (χ1) is 6.61. The van der Waals surface area contributed by atoms with Gasteiger partial charge in [0.05, 0.1) is 6.04 Å². The Morgan fingerprint density at radius 3 is 2.79 bits per heavy atom. The van der Waals surface area contributed by atoms with Crippen molar-refractivity contribution in [3.63, 3.8) is 0 Å². The maximum Gasteiger partial charge on any atom is 0.237 e. The summed E-state index contributed by atoms with van der Waals surface area (Å²) in [6.07, 6.45) is 2.58. The van der Waals surface area contributed by atoms with E-state index in [9.17, 15) is 4.79 Å². The van der Waals surface area contributed by atoms with Crippen molar-refractivity contribution >= 4 is 17.7 Å². The molecule has 0 aliphatic heterocycles. The molecule has 0 aromatic heterocycles. The summed E-state index contributed by atoms with van der Waals surface area (Å²) in [5.74, 6) is -0.0945. The Morgan fingerprint density at radius 1 is 1.64 bits per heavy atom. The molecular weight excluding hydrogens is 200 g/mol. The zero-order chi connectivity index (χ0) is 11.0. The molecule has 5 heteroatoms. The molecule has 4 nitrogen and oxygen atoms in total. The van der Waals surface area contributed by atoms with Crippen LogP contribution < -0.4 is 11.1 Å². The van der Waals surface area contributed by atoms with Crippen LogP contribution in [0.2, 0.25) is 0 Å². The Morgan fingerprint density at radius 2 is 2.29 bits per heavy atom. The molecule has 2 atom stereocenters. The predicted molar refractivity (Wildman–Crippen MR) is 60.5 cm³/mol. The van der Waals surface area contributed by atoms with Crippen molar-refractivity contribution in [3.05, 3.63) is 0 Å². The third-order valence-electron chi connectivity index (χ3n) is 1.94. The van der Waals surface area contributed by atoms with E-state index in [1.54, 1.807) is 18.9 Å². The van der Waals surface area contributed by atoms with Gasteiger partial charge in [0.1, 0.15) is 0 Å². The number of carbonyl (C=O) groups excluding carboxylic acids is 1. The summed E-state index contributed by atoms with van der Waals surface area (Å²) in [6, 6.07) is -0.455. The Balaban J connectivity index is 3.61. The lowest BCUT2D eigenvalue weighted by molar-refractivity contribution is -0.122. The van der Waals surface area contributed by atoms with Gasteiger partial charge in [-0.05, 0) is 12.7 Å². The minimum Gasteiger partial charge on any atom is -0.385 e. The summed E-state index contributed by atoms with van der Waals surface area (Å²) in [6.45, 7) is 3.25. The molecule has 0 saturated heterocycles. The zero-order valence-corrected chi connectivity index (χ0v) is 9.89. The van der Waals surface area contributed by atoms with Gasteiger partial charge in [-0.1, -0.05) is 6.92 Å². The van der Waals surface area contributed by atoms with Crippen molar-refractivity contribution in [1.82, 2.24) is 5.32 Å². The van der Waals surface area contributed by atoms with E-state index in [0.29, 0.717) is 24.8 Å². The van der Waals surface area contributed by atoms with Gasteiger partial charge in [-0.15, -0.1) is 0 Å². The van der Waals surface area contributed by atoms with Crippen molar-refractivity contribution in [3.8, 4) is 0 Å². The molecule has 0 rings (SSSR count). The van der Waals surface area contributed by atoms with Gasteiger partial charge in [0.25, 0.3) is 0 Å². The highest BCUT2D eigenvalue weighted by Gasteiger charge is 2.13. The van der Waals surface area contributed by atoms with Crippen molar-refractivity contribution in [1.29, 1.82) is 0 Å². The van der Waals surface area contributed by atoms with Crippen LogP contribution in [0.5, 0.6) is 0 Å². The van der Waals surface area contributed by atoms with Gasteiger partial charge in [-0.3, -0.25) is 4.79 Å². The number of nitrogens with two attached hydrogens (primary N) is 1. The van der Waals surface area contributed by atoms with Gasteiger partial charge in [0.15, 0.2) is 0 Å². The minimum atomic E-state index is -0.455. The van der Waals surface area contributed by atoms with E-state index in [1.165, 1.54) is 0 Å². The Kier molecular flexibility index (Phi) is 7.93. The SMILES string of the molecule is COCCC(N)C(=O)NCC(C)SC. The third kappa shape index (κ3) is 6.23. The maximum absolute atomic E-state index is 11.4. The Bertz CT molecular complexity index is 167. The van der Waals surface area contributed by atoms with Crippen LogP contribution >= 0.6 is 11.8 Å². The highest BCUT2D eigenvalue weighted by atomic mass is 32.2. The number of hydrogen-bond acceptors (Lipinski definition) is 4. The summed E-state index contributed by atoms with van der Waals surface area (Å²) in [5.41, 5.74) is 5.63. The molecule has 1 amide bonds. The number of rotatable bonds is 7. The van der Waals surface area contributed by atoms with Crippen molar-refractivity contribution in [2.75, 3.05) is 26.5 Å². The predicted octanol–water partition coefficient (Wildman–Crippen LogP) is 0.218. The molecule has 0 bridgehead atoms. The third-order valence-corrected chi connectivity index (χ3v) is 2.91. The quantitative estimate of drug-likeness (QED) is 0.644. The summed E-state index contributed by atoms with van der Waals surface area (Å²) in [4.78, 5) is 11.4. The fourth-order valence-electron chi connectivity index (χ4n) is 0.835. The van der Waals surface area contributed by atoms with Gasteiger partial charge < -0.3 is 15.8 Å². The summed E-state index contributed by atoms with van der Waals surface area (Å²) < 4.78 is 4.85. The number of hydrogen-bond donors (Lipinski definition) is 2. The number of amides is 1. The molecule has 0 aromatic rings. The zero-order valence-electron chi connectivity index (χ0n) is 9.08. The molecule has 3 N–H and O–H groups in total. The second-order valence-electron chi connectivity index (χ2n) is 3.18. The van der Waals surface area contributed by atoms with Crippen LogP contribution in [0.25, 0.3) is 0 Å². The van der Waals surface area contributed by atoms with Crippen LogP contribution in [0.4, 0.5) is 0 Å². The highest BCUT2D eigenvalue weighted by molar-refractivity contribution is 7.99. The van der Waals surface area contributed by atoms with E-state index in [-0.39, 0.29) is 5.91 Å². The minimum absolute atomic E-state index is 0.0945. The normalized spacial score (nSPS) is 14.9. The van der Waals surface area contributed by atoms with Gasteiger partial charge in [-0.25, -0.2) is 0 Å². The lowest BCUT2D eigenvalue weighted by Gasteiger charge is -2.14. The molecule has 84 valence electrons. The number of nitrogens with one attached hydrogen (secondary N) is 1. The summed E-state index contributed by atoms with van der Waals surface area (Å²) in [5, 5.41) is 3.23. The van der Waals surface area contributed by atoms with Gasteiger partial charge in [0.2, 0.25) is 5.91 Å². The van der Waals surface area contributed by atoms with Crippen molar-refractivity contribution < 1.29 is 9.53 Å². The van der Waals surface area contributed by atoms with Crippen LogP contribution in [0.3, 0.4) is 0 Å². The molecule has 0 spiro atoms. The van der Waals surface area contributed by atoms with Crippen LogP contribution in [0, 0.1) is 0 Å². The molecule has 0 aromatic carbocycles. The van der Waals surface area contributed by atoms with E-state index >= 15 is 0 Å². The second kappa shape index (κ2) is 8.08. The van der Waals surface area contributed by atoms with Gasteiger partial charge in [0, 0.05) is 25.5 Å². The monoisotopic (exact) mass is 220 g/mol. The fourth-order valence-corrected chi connectivity index (χ4v) is 1.08. The largest absolute Gasteiger partial charge is 0.385 e. The number of carbonyl (C=O) groups is 1. The van der Waals surface area contributed by atoms with E-state index in [2.05, 4.69) is 12.2 Å². The molecule has 0 aliphatic rings. The van der Waals surface area contributed by atoms with Crippen molar-refractivity contribution in [2.45, 2.75) is 24.6 Å². The first-order valence-corrected chi connectivity index (χ1v) is 5.95. The maximum atomic E-state index is 11.4. The van der Waals surface area contributed by atoms with E-state index < -0.39 is 6.04 Å². The molecule has 0 fully saturated rings. The lowest BCUT2D eigenvalue weighted by Crippen LogP contribution is -2.43. The van der Waals surface area contributed by atoms with Crippen molar-refractivity contribution in [2.24, 2.45) is 5.73 Å². The fraction of sp³-hybridized carbons (Fsp3) is 0.889. The molecule has 0 aliphatic carbocycles. The molecule has 14 heavy (non-hydrogen) atoms. The highest BCUT2D eigenvalue weighted by Crippen LogP contribution is 2.02. The van der Waals surface area contributed by atoms with Crippen LogP contribution in [-0.2, 0) is 9.53 Å². The lowest BCUT2D eigenvalue weighted by atomic mass is 10.2. The number of thioether (sulfide) groups is 1. The molecule has 0 heterocycles. The second-order valence-corrected chi connectivity index (χ2v) is 4.46. The Hall–Kier alpha value is -0.260. The van der Waals surface area contributed by atoms with E-state index in [4.69, 9.17) is 10.5 Å². The molecule has 2 unspecified atom stereocenters. The van der Waals surface area contributed by atoms with E-state index in [1.807, 2.05) is 6.26 Å². The standard InChI is InChI=1S/C9H20N2O2S/c1-7(14-3)6-11-9(12)8(10)4-5-13-2/h7-8H,4-6,10H2,1-3H3,(H,11,12). The van der Waals surface area contributed by atoms with Gasteiger partial charge in [-0.2, -0.15) is 11.8 Å². The first kappa shape index (κ1) is 13.7. The smallest absolute Gasteiger partial charge is 0.237 e. The van der Waals surface area contributed by atoms with E-state index in [0.717, 1.165) is 0 Å². The average Bonchev–Trinajstić information content (AvgIpc) is 2.21. The summed E-state index contributed by atoms with van der Waals surface area (Å²) in [7, 11) is 1.60. The average molecular weight is 220 g/mol. The Labute approximate surface area is 89.9 Å². The summed E-state index contributed by atoms with van der Waals surface area (Å²) >= 11 is 1.72. The van der Waals surface area contributed by atoms with Crippen LogP contribution in [0.1, 0.15) is 13.3 Å². The molecular formula is C9H20N2O2S. The number of methoxy groups -OCH3 is 1. The van der Waals surface area contributed by atoms with Gasteiger partial charge >= 0.3 is 0 Å². The number of ether oxygens (including phenoxy) is 1. The molecule has 0 radical (unpaired) electrons. The van der Waals surface area contributed by atoms with Crippen LogP contribution in [-0.4, -0.2) is 43.7 Å².